The van der Waals surface area contributed by atoms with Gasteiger partial charge >= 0.3 is 0 Å². The molecule has 0 spiro atoms. The molecular weight excluding hydrogens is 318 g/mol. The fourth-order valence-corrected chi connectivity index (χ4v) is 3.15. The van der Waals surface area contributed by atoms with Gasteiger partial charge in [0, 0.05) is 26.3 Å². The molecule has 0 radical (unpaired) electrons. The van der Waals surface area contributed by atoms with Crippen molar-refractivity contribution < 1.29 is 22.3 Å². The maximum atomic E-state index is 12.5. The van der Waals surface area contributed by atoms with Crippen molar-refractivity contribution in [1.82, 2.24) is 4.31 Å². The molecule has 0 aromatic carbocycles. The van der Waals surface area contributed by atoms with Gasteiger partial charge in [0.05, 0.1) is 19.1 Å². The van der Waals surface area contributed by atoms with E-state index < -0.39 is 10.0 Å². The van der Waals surface area contributed by atoms with Gasteiger partial charge in [0.15, 0.2) is 0 Å². The van der Waals surface area contributed by atoms with Crippen LogP contribution in [0, 0.1) is 0 Å². The largest absolute Gasteiger partial charge is 0.447 e. The van der Waals surface area contributed by atoms with E-state index >= 15 is 0 Å². The molecule has 122 valence electrons. The first-order chi connectivity index (χ1) is 10.1. The number of hydrogen-bond acceptors (Lipinski definition) is 5. The summed E-state index contributed by atoms with van der Waals surface area (Å²) in [6.45, 7) is 5.94. The normalized spacial score (nSPS) is 12.2. The summed E-state index contributed by atoms with van der Waals surface area (Å²) in [6, 6.07) is 2.98. The van der Waals surface area contributed by atoms with E-state index in [4.69, 9.17) is 25.5 Å². The number of ether oxygens (including phenoxy) is 2. The van der Waals surface area contributed by atoms with E-state index in [-0.39, 0.29) is 24.1 Å². The molecule has 0 saturated heterocycles. The molecule has 0 aliphatic rings. The third-order valence-electron chi connectivity index (χ3n) is 2.74. The van der Waals surface area contributed by atoms with Crippen LogP contribution in [0.2, 0.25) is 0 Å². The van der Waals surface area contributed by atoms with Gasteiger partial charge < -0.3 is 13.9 Å². The summed E-state index contributed by atoms with van der Waals surface area (Å²) >= 11 is 5.63. The molecule has 1 rings (SSSR count). The summed E-state index contributed by atoms with van der Waals surface area (Å²) in [6.07, 6.45) is 0. The standard InChI is InChI=1S/C13H22ClNO5S/c1-3-18-9-7-15(8-10-19-4-2)21(16,17)13-6-5-12(11-14)20-13/h5-6H,3-4,7-11H2,1-2H3. The van der Waals surface area contributed by atoms with Crippen LogP contribution in [0.4, 0.5) is 0 Å². The Balaban J connectivity index is 2.81. The van der Waals surface area contributed by atoms with Crippen LogP contribution in [-0.2, 0) is 25.4 Å². The third-order valence-corrected chi connectivity index (χ3v) is 4.78. The predicted octanol–water partition coefficient (Wildman–Crippen LogP) is 2.08. The second-order valence-corrected chi connectivity index (χ2v) is 6.29. The molecule has 0 N–H and O–H groups in total. The molecular formula is C13H22ClNO5S. The highest BCUT2D eigenvalue weighted by molar-refractivity contribution is 7.89. The number of alkyl halides is 1. The molecule has 0 atom stereocenters. The fourth-order valence-electron chi connectivity index (χ4n) is 1.67. The maximum Gasteiger partial charge on any atom is 0.276 e. The molecule has 21 heavy (non-hydrogen) atoms. The van der Waals surface area contributed by atoms with E-state index in [0.717, 1.165) is 0 Å². The lowest BCUT2D eigenvalue weighted by molar-refractivity contribution is 0.110. The molecule has 0 aliphatic heterocycles. The quantitative estimate of drug-likeness (QED) is 0.456. The number of furan rings is 1. The molecule has 8 heteroatoms. The van der Waals surface area contributed by atoms with Crippen LogP contribution in [0.15, 0.2) is 21.6 Å². The SMILES string of the molecule is CCOCCN(CCOCC)S(=O)(=O)c1ccc(CCl)o1. The summed E-state index contributed by atoms with van der Waals surface area (Å²) in [5.74, 6) is 0.553. The van der Waals surface area contributed by atoms with Crippen molar-refractivity contribution in [2.45, 2.75) is 24.8 Å². The summed E-state index contributed by atoms with van der Waals surface area (Å²) in [4.78, 5) is 0. The number of nitrogens with zero attached hydrogens (tertiary/aromatic N) is 1. The van der Waals surface area contributed by atoms with Gasteiger partial charge in [-0.2, -0.15) is 4.31 Å². The molecule has 1 heterocycles. The highest BCUT2D eigenvalue weighted by Gasteiger charge is 2.27. The van der Waals surface area contributed by atoms with E-state index in [1.54, 1.807) is 6.07 Å². The van der Waals surface area contributed by atoms with E-state index in [9.17, 15) is 8.42 Å². The minimum Gasteiger partial charge on any atom is -0.447 e. The van der Waals surface area contributed by atoms with Crippen molar-refractivity contribution in [1.29, 1.82) is 0 Å². The average Bonchev–Trinajstić information content (AvgIpc) is 2.95. The van der Waals surface area contributed by atoms with Crippen molar-refractivity contribution in [2.75, 3.05) is 39.5 Å². The Morgan fingerprint density at radius 2 is 1.71 bits per heavy atom. The second-order valence-electron chi connectivity index (χ2n) is 4.15. The summed E-state index contributed by atoms with van der Waals surface area (Å²) < 4.78 is 42.1. The molecule has 0 aliphatic carbocycles. The van der Waals surface area contributed by atoms with Gasteiger partial charge in [-0.25, -0.2) is 8.42 Å². The average molecular weight is 340 g/mol. The molecule has 1 aromatic heterocycles. The summed E-state index contributed by atoms with van der Waals surface area (Å²) in [7, 11) is -3.70. The maximum absolute atomic E-state index is 12.5. The van der Waals surface area contributed by atoms with Crippen molar-refractivity contribution in [2.24, 2.45) is 0 Å². The van der Waals surface area contributed by atoms with Crippen molar-refractivity contribution in [3.05, 3.63) is 17.9 Å². The van der Waals surface area contributed by atoms with Gasteiger partial charge in [-0.05, 0) is 26.0 Å². The first-order valence-corrected chi connectivity index (χ1v) is 8.84. The summed E-state index contributed by atoms with van der Waals surface area (Å²) in [5.41, 5.74) is 0. The zero-order valence-electron chi connectivity index (χ0n) is 12.4. The predicted molar refractivity (Wildman–Crippen MR) is 80.0 cm³/mol. The van der Waals surface area contributed by atoms with Crippen molar-refractivity contribution in [3.63, 3.8) is 0 Å². The van der Waals surface area contributed by atoms with Crippen molar-refractivity contribution >= 4 is 21.6 Å². The zero-order valence-corrected chi connectivity index (χ0v) is 14.0. The number of rotatable bonds is 11. The molecule has 1 aromatic rings. The van der Waals surface area contributed by atoms with Crippen LogP contribution in [-0.4, -0.2) is 52.2 Å². The topological polar surface area (TPSA) is 69.0 Å². The Labute approximate surface area is 131 Å². The van der Waals surface area contributed by atoms with E-state index in [2.05, 4.69) is 0 Å². The van der Waals surface area contributed by atoms with Gasteiger partial charge in [0.1, 0.15) is 5.76 Å². The lowest BCUT2D eigenvalue weighted by Crippen LogP contribution is -2.36. The van der Waals surface area contributed by atoms with Crippen LogP contribution >= 0.6 is 11.6 Å². The van der Waals surface area contributed by atoms with Gasteiger partial charge in [0.25, 0.3) is 10.0 Å². The van der Waals surface area contributed by atoms with Crippen LogP contribution in [0.5, 0.6) is 0 Å². The zero-order chi connectivity index (χ0) is 15.7. The van der Waals surface area contributed by atoms with Gasteiger partial charge in [-0.1, -0.05) is 0 Å². The number of hydrogen-bond donors (Lipinski definition) is 0. The monoisotopic (exact) mass is 339 g/mol. The minimum atomic E-state index is -3.70. The molecule has 0 saturated carbocycles. The van der Waals surface area contributed by atoms with Crippen LogP contribution < -0.4 is 0 Å². The fraction of sp³-hybridized carbons (Fsp3) is 0.692. The summed E-state index contributed by atoms with van der Waals surface area (Å²) in [5, 5.41) is -0.105. The molecule has 0 unspecified atom stereocenters. The molecule has 0 fully saturated rings. The van der Waals surface area contributed by atoms with Gasteiger partial charge in [-0.15, -0.1) is 11.6 Å². The smallest absolute Gasteiger partial charge is 0.276 e. The van der Waals surface area contributed by atoms with Gasteiger partial charge in [-0.3, -0.25) is 0 Å². The number of halogens is 1. The third kappa shape index (κ3) is 5.60. The van der Waals surface area contributed by atoms with Crippen LogP contribution in [0.1, 0.15) is 19.6 Å². The minimum absolute atomic E-state index is 0.105. The lowest BCUT2D eigenvalue weighted by Gasteiger charge is -2.20. The Hall–Kier alpha value is -0.600. The van der Waals surface area contributed by atoms with E-state index in [1.807, 2.05) is 13.8 Å². The first kappa shape index (κ1) is 18.4. The van der Waals surface area contributed by atoms with E-state index in [0.29, 0.717) is 32.2 Å². The Morgan fingerprint density at radius 3 is 2.14 bits per heavy atom. The van der Waals surface area contributed by atoms with E-state index in [1.165, 1.54) is 10.4 Å². The molecule has 0 bridgehead atoms. The molecule has 0 amide bonds. The highest BCUT2D eigenvalue weighted by atomic mass is 35.5. The number of sulfonamides is 1. The Kier molecular flexibility index (Phi) is 8.28. The van der Waals surface area contributed by atoms with Crippen LogP contribution in [0.25, 0.3) is 0 Å². The second kappa shape index (κ2) is 9.42. The van der Waals surface area contributed by atoms with Crippen LogP contribution in [0.3, 0.4) is 0 Å². The molecule has 6 nitrogen and oxygen atoms in total. The first-order valence-electron chi connectivity index (χ1n) is 6.86. The lowest BCUT2D eigenvalue weighted by atomic mass is 10.5. The Morgan fingerprint density at radius 1 is 1.14 bits per heavy atom. The highest BCUT2D eigenvalue weighted by Crippen LogP contribution is 2.19. The Bertz CT molecular complexity index is 492. The van der Waals surface area contributed by atoms with Crippen molar-refractivity contribution in [3.8, 4) is 0 Å². The van der Waals surface area contributed by atoms with Gasteiger partial charge in [0.2, 0.25) is 5.09 Å².